The van der Waals surface area contributed by atoms with E-state index in [-0.39, 0.29) is 18.9 Å². The highest BCUT2D eigenvalue weighted by Gasteiger charge is 2.52. The molecule has 13 nitrogen and oxygen atoms in total. The summed E-state index contributed by atoms with van der Waals surface area (Å²) in [5, 5.41) is 27.7. The molecule has 1 heterocycles. The van der Waals surface area contributed by atoms with Crippen molar-refractivity contribution in [3.8, 4) is 11.1 Å². The predicted molar refractivity (Wildman–Crippen MR) is 168 cm³/mol. The lowest BCUT2D eigenvalue weighted by Crippen LogP contribution is -2.55. The number of amides is 4. The van der Waals surface area contributed by atoms with E-state index in [1.165, 1.54) is 18.2 Å². The lowest BCUT2D eigenvalue weighted by atomic mass is 9.98. The molecule has 1 aliphatic heterocycles. The van der Waals surface area contributed by atoms with Gasteiger partial charge in [0.15, 0.2) is 5.72 Å². The fourth-order valence-corrected chi connectivity index (χ4v) is 5.84. The molecule has 4 rings (SSSR count). The average molecular weight is 639 g/mol. The fourth-order valence-electron chi connectivity index (χ4n) is 5.84. The lowest BCUT2D eigenvalue weighted by molar-refractivity contribution is -0.147. The number of carbonyl (C=O) groups excluding carboxylic acids is 4. The maximum atomic E-state index is 12.5. The monoisotopic (exact) mass is 638 g/mol. The van der Waals surface area contributed by atoms with Crippen LogP contribution in [0.5, 0.6) is 0 Å². The first-order valence-electron chi connectivity index (χ1n) is 15.4. The van der Waals surface area contributed by atoms with Gasteiger partial charge in [-0.15, -0.1) is 0 Å². The number of hydrogen-bond donors (Lipinski definition) is 5. The van der Waals surface area contributed by atoms with Crippen molar-refractivity contribution >= 4 is 24.5 Å². The molecule has 0 radical (unpaired) electrons. The van der Waals surface area contributed by atoms with E-state index in [4.69, 9.17) is 14.2 Å². The van der Waals surface area contributed by atoms with Crippen molar-refractivity contribution in [2.75, 3.05) is 40.0 Å². The molecule has 0 saturated carbocycles. The van der Waals surface area contributed by atoms with E-state index in [2.05, 4.69) is 40.2 Å². The minimum Gasteiger partial charge on any atom is -0.449 e. The highest BCUT2D eigenvalue weighted by Crippen LogP contribution is 2.44. The number of fused-ring (bicyclic) bond motifs is 3. The normalized spacial score (nSPS) is 20.1. The number of ether oxygens (including phenoxy) is 3. The Balaban J connectivity index is 1.12. The van der Waals surface area contributed by atoms with E-state index in [0.717, 1.165) is 47.6 Å². The number of alkyl carbamates (subject to hydrolysis) is 2. The van der Waals surface area contributed by atoms with Gasteiger partial charge in [0, 0.05) is 38.7 Å². The standard InChI is InChI=1S/C33H42N4O9/c1-34-30(41)37(17-10-18-38)33(19-28(40)29(20-39)46-33)22-45-32(43)36-16-9-3-2-8-15-35-31(42)44-21-27-25-13-6-4-11-23(25)24-12-5-7-14-26(24)27/h4-7,10-14,17-18,27-29,39-40H,2-3,8-9,15-16,19-22H2,1H3,(H,34,41)(H,35,42)(H,36,43)/b17-10-/t28-,29+,33-/m0/s1. The molecule has 0 unspecified atom stereocenters. The highest BCUT2D eigenvalue weighted by atomic mass is 16.6. The minimum absolute atomic E-state index is 0.00620. The number of aliphatic hydroxyl groups excluding tert-OH is 2. The van der Waals surface area contributed by atoms with E-state index in [1.54, 1.807) is 0 Å². The molecule has 2 aliphatic rings. The van der Waals surface area contributed by atoms with Crippen LogP contribution in [0.15, 0.2) is 60.8 Å². The second-order valence-corrected chi connectivity index (χ2v) is 11.1. The Labute approximate surface area is 267 Å². The van der Waals surface area contributed by atoms with E-state index in [0.29, 0.717) is 25.8 Å². The molecule has 3 atom stereocenters. The van der Waals surface area contributed by atoms with Gasteiger partial charge in [0.1, 0.15) is 25.6 Å². The summed E-state index contributed by atoms with van der Waals surface area (Å²) in [5.74, 6) is 0.00620. The molecule has 0 bridgehead atoms. The largest absolute Gasteiger partial charge is 0.449 e. The van der Waals surface area contributed by atoms with Gasteiger partial charge in [-0.3, -0.25) is 9.69 Å². The van der Waals surface area contributed by atoms with Gasteiger partial charge in [-0.2, -0.15) is 0 Å². The van der Waals surface area contributed by atoms with E-state index >= 15 is 0 Å². The van der Waals surface area contributed by atoms with Crippen molar-refractivity contribution in [1.29, 1.82) is 0 Å². The number of unbranched alkanes of at least 4 members (excludes halogenated alkanes) is 3. The van der Waals surface area contributed by atoms with E-state index in [1.807, 2.05) is 24.3 Å². The van der Waals surface area contributed by atoms with Crippen LogP contribution in [-0.4, -0.2) is 97.5 Å². The first kappa shape index (κ1) is 34.4. The van der Waals surface area contributed by atoms with Gasteiger partial charge in [0.05, 0.1) is 12.7 Å². The van der Waals surface area contributed by atoms with Crippen LogP contribution >= 0.6 is 0 Å². The summed E-state index contributed by atoms with van der Waals surface area (Å²) in [6, 6.07) is 15.7. The van der Waals surface area contributed by atoms with E-state index in [9.17, 15) is 29.4 Å². The number of nitrogens with one attached hydrogen (secondary N) is 3. The Morgan fingerprint density at radius 2 is 1.54 bits per heavy atom. The quantitative estimate of drug-likeness (QED) is 0.112. The van der Waals surface area contributed by atoms with Crippen molar-refractivity contribution in [2.45, 2.75) is 56.0 Å². The van der Waals surface area contributed by atoms with Crippen LogP contribution in [0.2, 0.25) is 0 Å². The molecule has 1 fully saturated rings. The number of nitrogens with zero attached hydrogens (tertiary/aromatic N) is 1. The zero-order chi connectivity index (χ0) is 32.9. The van der Waals surface area contributed by atoms with Crippen LogP contribution in [0.3, 0.4) is 0 Å². The third-order valence-corrected chi connectivity index (χ3v) is 8.11. The van der Waals surface area contributed by atoms with Crippen molar-refractivity contribution in [3.05, 3.63) is 71.9 Å². The van der Waals surface area contributed by atoms with Gasteiger partial charge < -0.3 is 40.4 Å². The minimum atomic E-state index is -1.63. The molecule has 2 aromatic rings. The molecular weight excluding hydrogens is 596 g/mol. The molecule has 13 heteroatoms. The number of aliphatic hydroxyl groups is 2. The van der Waals surface area contributed by atoms with Gasteiger partial charge >= 0.3 is 18.2 Å². The summed E-state index contributed by atoms with van der Waals surface area (Å²) in [5.41, 5.74) is 3.03. The van der Waals surface area contributed by atoms with Gasteiger partial charge in [-0.05, 0) is 41.2 Å². The Morgan fingerprint density at radius 3 is 2.09 bits per heavy atom. The Morgan fingerprint density at radius 1 is 0.957 bits per heavy atom. The van der Waals surface area contributed by atoms with Crippen LogP contribution in [0.4, 0.5) is 14.4 Å². The average Bonchev–Trinajstić information content (AvgIpc) is 3.58. The molecule has 46 heavy (non-hydrogen) atoms. The summed E-state index contributed by atoms with van der Waals surface area (Å²) in [4.78, 5) is 49.2. The fraction of sp³-hybridized carbons (Fsp3) is 0.455. The molecule has 0 aromatic heterocycles. The van der Waals surface area contributed by atoms with Crippen LogP contribution in [0, 0.1) is 0 Å². The number of hydrogen-bond acceptors (Lipinski definition) is 9. The smallest absolute Gasteiger partial charge is 0.407 e. The molecule has 1 saturated heterocycles. The molecule has 248 valence electrons. The lowest BCUT2D eigenvalue weighted by Gasteiger charge is -2.37. The number of urea groups is 1. The van der Waals surface area contributed by atoms with Crippen LogP contribution in [0.1, 0.15) is 49.1 Å². The third-order valence-electron chi connectivity index (χ3n) is 8.11. The van der Waals surface area contributed by atoms with Gasteiger partial charge in [-0.25, -0.2) is 14.4 Å². The first-order valence-corrected chi connectivity index (χ1v) is 15.4. The number of carbonyl (C=O) groups is 4. The number of allylic oxidation sites excluding steroid dienone is 1. The topological polar surface area (TPSA) is 176 Å². The Bertz CT molecular complexity index is 1340. The van der Waals surface area contributed by atoms with Crippen LogP contribution in [0.25, 0.3) is 11.1 Å². The second kappa shape index (κ2) is 16.7. The number of benzene rings is 2. The van der Waals surface area contributed by atoms with E-state index < -0.39 is 49.4 Å². The Kier molecular flexibility index (Phi) is 12.5. The summed E-state index contributed by atoms with van der Waals surface area (Å²) < 4.78 is 16.6. The van der Waals surface area contributed by atoms with Gasteiger partial charge in [-0.1, -0.05) is 61.4 Å². The van der Waals surface area contributed by atoms with Crippen molar-refractivity contribution in [3.63, 3.8) is 0 Å². The van der Waals surface area contributed by atoms with Crippen LogP contribution < -0.4 is 16.0 Å². The SMILES string of the molecule is CNC(=O)N(/C=C\C=O)[C@@]1(COC(=O)NCCCCCCNC(=O)OCC2c3ccccc3-c3ccccc32)C[C@H](O)[C@@H](CO)O1. The van der Waals surface area contributed by atoms with Crippen molar-refractivity contribution in [2.24, 2.45) is 0 Å². The molecule has 5 N–H and O–H groups in total. The summed E-state index contributed by atoms with van der Waals surface area (Å²) in [6.07, 6.45) is 2.19. The summed E-state index contributed by atoms with van der Waals surface area (Å²) in [7, 11) is 1.37. The third kappa shape index (κ3) is 8.42. The summed E-state index contributed by atoms with van der Waals surface area (Å²) in [6.45, 7) is 0.0878. The first-order chi connectivity index (χ1) is 22.3. The molecule has 2 aromatic carbocycles. The highest BCUT2D eigenvalue weighted by molar-refractivity contribution is 5.79. The predicted octanol–water partition coefficient (Wildman–Crippen LogP) is 3.00. The maximum Gasteiger partial charge on any atom is 0.407 e. The zero-order valence-corrected chi connectivity index (χ0v) is 25.9. The molecule has 1 aliphatic carbocycles. The second-order valence-electron chi connectivity index (χ2n) is 11.1. The van der Waals surface area contributed by atoms with Gasteiger partial charge in [0.25, 0.3) is 0 Å². The van der Waals surface area contributed by atoms with Gasteiger partial charge in [0.2, 0.25) is 0 Å². The molecule has 0 spiro atoms. The molecular formula is C33H42N4O9. The molecule has 4 amide bonds. The van der Waals surface area contributed by atoms with Crippen LogP contribution in [-0.2, 0) is 19.0 Å². The Hall–Kier alpha value is -4.46. The zero-order valence-electron chi connectivity index (χ0n) is 25.9. The maximum absolute atomic E-state index is 12.5. The summed E-state index contributed by atoms with van der Waals surface area (Å²) >= 11 is 0. The van der Waals surface area contributed by atoms with Crippen molar-refractivity contribution in [1.82, 2.24) is 20.9 Å². The van der Waals surface area contributed by atoms with Crippen molar-refractivity contribution < 1.29 is 43.6 Å². The number of rotatable bonds is 15. The number of aldehydes is 1.